The smallest absolute Gasteiger partial charge is 0.236 e. The van der Waals surface area contributed by atoms with Crippen LogP contribution in [0.3, 0.4) is 0 Å². The van der Waals surface area contributed by atoms with Crippen LogP contribution in [-0.2, 0) is 11.8 Å². The molecule has 5 heterocycles. The number of nitrogens with one attached hydrogen (secondary N) is 1. The van der Waals surface area contributed by atoms with Crippen molar-refractivity contribution in [3.63, 3.8) is 0 Å². The minimum absolute atomic E-state index is 0.0761. The average molecular weight is 514 g/mol. The van der Waals surface area contributed by atoms with Gasteiger partial charge in [0.2, 0.25) is 5.91 Å². The maximum absolute atomic E-state index is 12.6. The summed E-state index contributed by atoms with van der Waals surface area (Å²) in [5.41, 5.74) is 5.92. The highest BCUT2D eigenvalue weighted by Gasteiger charge is 2.23. The van der Waals surface area contributed by atoms with E-state index in [2.05, 4.69) is 64.4 Å². The molecule has 198 valence electrons. The van der Waals surface area contributed by atoms with Crippen LogP contribution < -0.4 is 10.2 Å². The Labute approximate surface area is 223 Å². The van der Waals surface area contributed by atoms with Gasteiger partial charge >= 0.3 is 0 Å². The molecule has 0 atom stereocenters. The van der Waals surface area contributed by atoms with Crippen LogP contribution in [0.1, 0.15) is 26.3 Å². The highest BCUT2D eigenvalue weighted by atomic mass is 16.2. The molecule has 1 N–H and O–H groups in total. The first-order chi connectivity index (χ1) is 18.2. The molecule has 10 heteroatoms. The van der Waals surface area contributed by atoms with Crippen molar-refractivity contribution in [3.8, 4) is 22.3 Å². The summed E-state index contributed by atoms with van der Waals surface area (Å²) in [5, 5.41) is 12.2. The molecule has 0 unspecified atom stereocenters. The molecule has 1 saturated heterocycles. The number of amides is 1. The van der Waals surface area contributed by atoms with Gasteiger partial charge in [0.25, 0.3) is 0 Å². The van der Waals surface area contributed by atoms with Crippen LogP contribution in [0.4, 0.5) is 5.82 Å². The molecule has 0 bridgehead atoms. The number of pyridine rings is 2. The number of nitrogens with zero attached hydrogens (tertiary/aromatic N) is 8. The zero-order valence-electron chi connectivity index (χ0n) is 22.7. The predicted molar refractivity (Wildman–Crippen MR) is 151 cm³/mol. The first-order valence-electron chi connectivity index (χ1n) is 12.9. The molecule has 0 saturated carbocycles. The third-order valence-electron chi connectivity index (χ3n) is 6.73. The lowest BCUT2D eigenvalue weighted by molar-refractivity contribution is -0.130. The van der Waals surface area contributed by atoms with E-state index >= 15 is 0 Å². The quantitative estimate of drug-likeness (QED) is 0.399. The molecule has 10 nitrogen and oxygen atoms in total. The molecule has 5 rings (SSSR count). The molecule has 0 spiro atoms. The number of aliphatic imine (C=N–C) groups is 1. The highest BCUT2D eigenvalue weighted by molar-refractivity contribution is 5.97. The van der Waals surface area contributed by atoms with Gasteiger partial charge in [-0.1, -0.05) is 0 Å². The first kappa shape index (κ1) is 25.6. The molecule has 1 amide bonds. The molecule has 4 aromatic rings. The number of fused-ring (bicyclic) bond motifs is 1. The Hall–Kier alpha value is -4.05. The van der Waals surface area contributed by atoms with Crippen molar-refractivity contribution in [1.29, 1.82) is 0 Å². The third kappa shape index (κ3) is 5.45. The summed E-state index contributed by atoms with van der Waals surface area (Å²) >= 11 is 0. The standard InChI is InChI=1S/C28H35N9O/c1-28(2,3)31-17-26(38)36-10-8-35(9-11-36)25-7-6-20(14-30-25)24-12-21(23-16-32-34(5)18-23)19-37-27(24)22(13-29-4)15-33-37/h6-7,12-16,18-19,31H,8-11,17H2,1-5H3. The molecule has 38 heavy (non-hydrogen) atoms. The Bertz CT molecular complexity index is 1450. The van der Waals surface area contributed by atoms with Gasteiger partial charge in [-0.25, -0.2) is 9.50 Å². The summed E-state index contributed by atoms with van der Waals surface area (Å²) in [4.78, 5) is 25.8. The lowest BCUT2D eigenvalue weighted by atomic mass is 10.0. The van der Waals surface area contributed by atoms with Crippen molar-refractivity contribution in [2.75, 3.05) is 44.7 Å². The first-order valence-corrected chi connectivity index (χ1v) is 12.9. The molecular weight excluding hydrogens is 478 g/mol. The maximum Gasteiger partial charge on any atom is 0.236 e. The summed E-state index contributed by atoms with van der Waals surface area (Å²) in [5.74, 6) is 1.06. The maximum atomic E-state index is 12.6. The lowest BCUT2D eigenvalue weighted by Crippen LogP contribution is -2.52. The van der Waals surface area contributed by atoms with E-state index in [4.69, 9.17) is 4.98 Å². The van der Waals surface area contributed by atoms with Gasteiger partial charge in [-0.2, -0.15) is 10.2 Å². The fourth-order valence-corrected chi connectivity index (χ4v) is 4.70. The molecule has 1 aliphatic heterocycles. The summed E-state index contributed by atoms with van der Waals surface area (Å²) < 4.78 is 3.69. The van der Waals surface area contributed by atoms with Crippen LogP contribution >= 0.6 is 0 Å². The monoisotopic (exact) mass is 513 g/mol. The van der Waals surface area contributed by atoms with Crippen LogP contribution in [0.25, 0.3) is 27.8 Å². The van der Waals surface area contributed by atoms with Crippen molar-refractivity contribution in [1.82, 2.24) is 34.6 Å². The minimum Gasteiger partial charge on any atom is -0.353 e. The van der Waals surface area contributed by atoms with Crippen molar-refractivity contribution in [2.45, 2.75) is 26.3 Å². The molecule has 0 aliphatic carbocycles. The van der Waals surface area contributed by atoms with E-state index in [-0.39, 0.29) is 11.4 Å². The number of aromatic nitrogens is 5. The van der Waals surface area contributed by atoms with E-state index < -0.39 is 0 Å². The van der Waals surface area contributed by atoms with Crippen molar-refractivity contribution in [3.05, 3.63) is 54.7 Å². The SMILES string of the molecule is CN=Cc1cnn2cc(-c3cnn(C)c3)cc(-c3ccc(N4CCN(C(=O)CNC(C)(C)C)CC4)nc3)c12. The number of hydrogen-bond acceptors (Lipinski definition) is 7. The Balaban J connectivity index is 1.37. The largest absolute Gasteiger partial charge is 0.353 e. The molecule has 0 radical (unpaired) electrons. The van der Waals surface area contributed by atoms with Gasteiger partial charge < -0.3 is 15.1 Å². The van der Waals surface area contributed by atoms with Gasteiger partial charge in [0.15, 0.2) is 0 Å². The Morgan fingerprint density at radius 1 is 1.03 bits per heavy atom. The summed E-state index contributed by atoms with van der Waals surface area (Å²) in [6, 6.07) is 6.33. The zero-order valence-corrected chi connectivity index (χ0v) is 22.7. The second-order valence-electron chi connectivity index (χ2n) is 10.7. The summed E-state index contributed by atoms with van der Waals surface area (Å²) in [7, 11) is 3.67. The average Bonchev–Trinajstić information content (AvgIpc) is 3.53. The Kier molecular flexibility index (Phi) is 6.98. The number of hydrogen-bond donors (Lipinski definition) is 1. The molecular formula is C28H35N9O. The zero-order chi connectivity index (χ0) is 26.9. The van der Waals surface area contributed by atoms with Gasteiger partial charge in [-0.15, -0.1) is 0 Å². The fraction of sp³-hybridized carbons (Fsp3) is 0.393. The number of aryl methyl sites for hydroxylation is 1. The van der Waals surface area contributed by atoms with E-state index in [0.29, 0.717) is 19.6 Å². The summed E-state index contributed by atoms with van der Waals surface area (Å²) in [6.07, 6.45) is 11.4. The Morgan fingerprint density at radius 2 is 1.82 bits per heavy atom. The van der Waals surface area contributed by atoms with Crippen molar-refractivity contribution < 1.29 is 4.79 Å². The predicted octanol–water partition coefficient (Wildman–Crippen LogP) is 2.88. The molecule has 4 aromatic heterocycles. The third-order valence-corrected chi connectivity index (χ3v) is 6.73. The number of piperazine rings is 1. The van der Waals surface area contributed by atoms with Gasteiger partial charge in [0.1, 0.15) is 5.82 Å². The molecule has 1 aliphatic rings. The van der Waals surface area contributed by atoms with Crippen LogP contribution in [0.15, 0.2) is 54.2 Å². The minimum atomic E-state index is -0.0761. The van der Waals surface area contributed by atoms with Gasteiger partial charge in [0, 0.05) is 98.4 Å². The van der Waals surface area contributed by atoms with E-state index in [1.165, 1.54) is 0 Å². The fourth-order valence-electron chi connectivity index (χ4n) is 4.70. The normalized spacial score (nSPS) is 14.7. The van der Waals surface area contributed by atoms with E-state index in [1.54, 1.807) is 11.7 Å². The van der Waals surface area contributed by atoms with Crippen LogP contribution in [0.5, 0.6) is 0 Å². The molecule has 1 fully saturated rings. The topological polar surface area (TPSA) is 96.0 Å². The van der Waals surface area contributed by atoms with Crippen molar-refractivity contribution in [2.24, 2.45) is 12.0 Å². The van der Waals surface area contributed by atoms with Gasteiger partial charge in [-0.05, 0) is 39.0 Å². The second kappa shape index (κ2) is 10.4. The van der Waals surface area contributed by atoms with E-state index in [9.17, 15) is 4.79 Å². The number of carbonyl (C=O) groups is 1. The highest BCUT2D eigenvalue weighted by Crippen LogP contribution is 2.32. The lowest BCUT2D eigenvalue weighted by Gasteiger charge is -2.36. The van der Waals surface area contributed by atoms with Gasteiger partial charge in [-0.3, -0.25) is 14.5 Å². The van der Waals surface area contributed by atoms with Crippen LogP contribution in [-0.4, -0.2) is 86.7 Å². The summed E-state index contributed by atoms with van der Waals surface area (Å²) in [6.45, 7) is 9.47. The van der Waals surface area contributed by atoms with Crippen LogP contribution in [0.2, 0.25) is 0 Å². The van der Waals surface area contributed by atoms with Crippen molar-refractivity contribution >= 4 is 23.5 Å². The van der Waals surface area contributed by atoms with Gasteiger partial charge in [0.05, 0.1) is 24.5 Å². The Morgan fingerprint density at radius 3 is 2.45 bits per heavy atom. The molecule has 0 aromatic carbocycles. The van der Waals surface area contributed by atoms with Crippen LogP contribution in [0, 0.1) is 0 Å². The number of rotatable bonds is 6. The number of anilines is 1. The van der Waals surface area contributed by atoms with E-state index in [1.807, 2.05) is 53.7 Å². The second-order valence-corrected chi connectivity index (χ2v) is 10.7. The number of carbonyl (C=O) groups excluding carboxylic acids is 1. The van der Waals surface area contributed by atoms with E-state index in [0.717, 1.165) is 52.2 Å².